The van der Waals surface area contributed by atoms with Crippen LogP contribution in [-0.4, -0.2) is 47.5 Å². The summed E-state index contributed by atoms with van der Waals surface area (Å²) in [6, 6.07) is 8.43. The zero-order valence-corrected chi connectivity index (χ0v) is 21.8. The molecular weight excluding hydrogens is 462 g/mol. The highest BCUT2D eigenvalue weighted by molar-refractivity contribution is 7.18. The Kier molecular flexibility index (Phi) is 9.42. The third kappa shape index (κ3) is 7.14. The van der Waals surface area contributed by atoms with Crippen molar-refractivity contribution in [3.8, 4) is 0 Å². The summed E-state index contributed by atoms with van der Waals surface area (Å²) in [5, 5.41) is 6.32. The van der Waals surface area contributed by atoms with E-state index in [0.717, 1.165) is 30.0 Å². The van der Waals surface area contributed by atoms with Gasteiger partial charge >= 0.3 is 0 Å². The van der Waals surface area contributed by atoms with Crippen molar-refractivity contribution < 1.29 is 9.59 Å². The molecule has 0 saturated heterocycles. The number of carbonyl (C=O) groups is 2. The maximum Gasteiger partial charge on any atom is 0.262 e. The third-order valence-electron chi connectivity index (χ3n) is 6.05. The van der Waals surface area contributed by atoms with Gasteiger partial charge in [0.25, 0.3) is 5.56 Å². The quantitative estimate of drug-likeness (QED) is 0.374. The SMILES string of the molecule is CCN(CCCNC(=O)CCCNC(=O)Cn1cnc2sc(C)c(C)c2c1=O)c1cccc(C)c1. The average molecular weight is 498 g/mol. The molecule has 2 aromatic heterocycles. The molecule has 0 unspecified atom stereocenters. The molecular formula is C26H35N5O3S. The standard InChI is InChI=1S/C26H35N5O3S/c1-5-30(21-10-6-9-18(2)15-21)14-8-13-27-22(32)11-7-12-28-23(33)16-31-17-29-25-24(26(31)34)19(3)20(4)35-25/h6,9-10,15,17H,5,7-8,11-14,16H2,1-4H3,(H,27,32)(H,28,33). The van der Waals surface area contributed by atoms with E-state index >= 15 is 0 Å². The number of hydrogen-bond donors (Lipinski definition) is 2. The molecule has 2 amide bonds. The molecule has 2 N–H and O–H groups in total. The van der Waals surface area contributed by atoms with Gasteiger partial charge in [-0.3, -0.25) is 19.0 Å². The van der Waals surface area contributed by atoms with Crippen molar-refractivity contribution in [1.29, 1.82) is 0 Å². The Morgan fingerprint density at radius 3 is 2.57 bits per heavy atom. The van der Waals surface area contributed by atoms with Crippen molar-refractivity contribution in [1.82, 2.24) is 20.2 Å². The predicted octanol–water partition coefficient (Wildman–Crippen LogP) is 3.31. The number of fused-ring (bicyclic) bond motifs is 1. The lowest BCUT2D eigenvalue weighted by Crippen LogP contribution is -2.33. The summed E-state index contributed by atoms with van der Waals surface area (Å²) in [4.78, 5) is 45.5. The lowest BCUT2D eigenvalue weighted by Gasteiger charge is -2.23. The van der Waals surface area contributed by atoms with E-state index in [2.05, 4.69) is 58.6 Å². The number of aromatic nitrogens is 2. The maximum atomic E-state index is 12.7. The largest absolute Gasteiger partial charge is 0.372 e. The van der Waals surface area contributed by atoms with Gasteiger partial charge in [0.2, 0.25) is 11.8 Å². The minimum atomic E-state index is -0.269. The highest BCUT2D eigenvalue weighted by atomic mass is 32.1. The lowest BCUT2D eigenvalue weighted by atomic mass is 10.2. The van der Waals surface area contributed by atoms with Gasteiger partial charge in [0.1, 0.15) is 11.4 Å². The summed E-state index contributed by atoms with van der Waals surface area (Å²) in [5.74, 6) is -0.291. The minimum Gasteiger partial charge on any atom is -0.372 e. The van der Waals surface area contributed by atoms with E-state index in [9.17, 15) is 14.4 Å². The van der Waals surface area contributed by atoms with Crippen LogP contribution < -0.4 is 21.1 Å². The third-order valence-corrected chi connectivity index (χ3v) is 7.16. The molecule has 0 radical (unpaired) electrons. The van der Waals surface area contributed by atoms with Gasteiger partial charge in [-0.15, -0.1) is 11.3 Å². The fourth-order valence-electron chi connectivity index (χ4n) is 3.95. The molecule has 35 heavy (non-hydrogen) atoms. The van der Waals surface area contributed by atoms with Crippen LogP contribution in [0.15, 0.2) is 35.4 Å². The summed E-state index contributed by atoms with van der Waals surface area (Å²) in [6.45, 7) is 10.8. The molecule has 0 aliphatic rings. The topological polar surface area (TPSA) is 96.3 Å². The van der Waals surface area contributed by atoms with E-state index in [-0.39, 0.29) is 23.9 Å². The van der Waals surface area contributed by atoms with Crippen molar-refractivity contribution in [3.63, 3.8) is 0 Å². The van der Waals surface area contributed by atoms with Crippen LogP contribution in [0.2, 0.25) is 0 Å². The summed E-state index contributed by atoms with van der Waals surface area (Å²) >= 11 is 1.48. The summed E-state index contributed by atoms with van der Waals surface area (Å²) in [5.41, 5.74) is 3.16. The second-order valence-electron chi connectivity index (χ2n) is 8.72. The number of nitrogens with one attached hydrogen (secondary N) is 2. The molecule has 0 spiro atoms. The van der Waals surface area contributed by atoms with Crippen LogP contribution in [0.1, 0.15) is 42.2 Å². The van der Waals surface area contributed by atoms with Crippen molar-refractivity contribution in [2.75, 3.05) is 31.1 Å². The van der Waals surface area contributed by atoms with E-state index < -0.39 is 0 Å². The number of thiophene rings is 1. The first-order valence-corrected chi connectivity index (χ1v) is 12.9. The molecule has 1 aromatic carbocycles. The van der Waals surface area contributed by atoms with E-state index in [1.165, 1.54) is 33.5 Å². The van der Waals surface area contributed by atoms with E-state index in [0.29, 0.717) is 36.1 Å². The lowest BCUT2D eigenvalue weighted by molar-refractivity contribution is -0.123. The molecule has 0 atom stereocenters. The molecule has 2 heterocycles. The Morgan fingerprint density at radius 1 is 1.09 bits per heavy atom. The van der Waals surface area contributed by atoms with Crippen molar-refractivity contribution >= 4 is 39.1 Å². The Bertz CT molecular complexity index is 1230. The van der Waals surface area contributed by atoms with Gasteiger partial charge in [0.05, 0.1) is 11.7 Å². The van der Waals surface area contributed by atoms with Gasteiger partial charge < -0.3 is 15.5 Å². The van der Waals surface area contributed by atoms with Gasteiger partial charge in [-0.05, 0) is 63.8 Å². The number of carbonyl (C=O) groups excluding carboxylic acids is 2. The molecule has 3 aromatic rings. The smallest absolute Gasteiger partial charge is 0.262 e. The average Bonchev–Trinajstić information content (AvgIpc) is 3.12. The van der Waals surface area contributed by atoms with Crippen LogP contribution in [0, 0.1) is 20.8 Å². The molecule has 0 bridgehead atoms. The van der Waals surface area contributed by atoms with Crippen LogP contribution in [0.5, 0.6) is 0 Å². The Morgan fingerprint density at radius 2 is 1.83 bits per heavy atom. The van der Waals surface area contributed by atoms with E-state index in [1.54, 1.807) is 0 Å². The van der Waals surface area contributed by atoms with Crippen LogP contribution in [0.3, 0.4) is 0 Å². The monoisotopic (exact) mass is 497 g/mol. The number of amides is 2. The Labute approximate surface area is 210 Å². The second kappa shape index (κ2) is 12.5. The highest BCUT2D eigenvalue weighted by Gasteiger charge is 2.13. The first-order valence-electron chi connectivity index (χ1n) is 12.1. The maximum absolute atomic E-state index is 12.7. The molecule has 0 fully saturated rings. The molecule has 9 heteroatoms. The zero-order chi connectivity index (χ0) is 25.4. The first kappa shape index (κ1) is 26.4. The predicted molar refractivity (Wildman–Crippen MR) is 142 cm³/mol. The van der Waals surface area contributed by atoms with Crippen LogP contribution in [0.25, 0.3) is 10.2 Å². The number of hydrogen-bond acceptors (Lipinski definition) is 6. The Balaban J connectivity index is 1.33. The highest BCUT2D eigenvalue weighted by Crippen LogP contribution is 2.25. The minimum absolute atomic E-state index is 0.0213. The molecule has 8 nitrogen and oxygen atoms in total. The fourth-order valence-corrected chi connectivity index (χ4v) is 4.94. The van der Waals surface area contributed by atoms with Crippen LogP contribution >= 0.6 is 11.3 Å². The summed E-state index contributed by atoms with van der Waals surface area (Å²) in [6.07, 6.45) is 3.17. The number of benzene rings is 1. The van der Waals surface area contributed by atoms with Crippen LogP contribution in [0.4, 0.5) is 5.69 Å². The van der Waals surface area contributed by atoms with Gasteiger partial charge in [-0.2, -0.15) is 0 Å². The van der Waals surface area contributed by atoms with Gasteiger partial charge in [-0.25, -0.2) is 4.98 Å². The van der Waals surface area contributed by atoms with Gasteiger partial charge in [-0.1, -0.05) is 12.1 Å². The zero-order valence-electron chi connectivity index (χ0n) is 21.0. The van der Waals surface area contributed by atoms with Crippen molar-refractivity contribution in [2.45, 2.75) is 53.5 Å². The van der Waals surface area contributed by atoms with Crippen molar-refractivity contribution in [3.05, 3.63) is 57.0 Å². The molecule has 3 rings (SSSR count). The first-order chi connectivity index (χ1) is 16.8. The number of rotatable bonds is 12. The fraction of sp³-hybridized carbons (Fsp3) is 0.462. The normalized spacial score (nSPS) is 11.0. The molecule has 0 aliphatic carbocycles. The molecule has 0 saturated carbocycles. The molecule has 0 aliphatic heterocycles. The Hall–Kier alpha value is -3.20. The van der Waals surface area contributed by atoms with Gasteiger partial charge in [0, 0.05) is 43.2 Å². The number of anilines is 1. The summed E-state index contributed by atoms with van der Waals surface area (Å²) in [7, 11) is 0. The molecule has 188 valence electrons. The number of nitrogens with zero attached hydrogens (tertiary/aromatic N) is 3. The van der Waals surface area contributed by atoms with E-state index in [1.807, 2.05) is 13.8 Å². The van der Waals surface area contributed by atoms with E-state index in [4.69, 9.17) is 0 Å². The summed E-state index contributed by atoms with van der Waals surface area (Å²) < 4.78 is 1.33. The van der Waals surface area contributed by atoms with Crippen LogP contribution in [-0.2, 0) is 16.1 Å². The van der Waals surface area contributed by atoms with Crippen molar-refractivity contribution in [2.24, 2.45) is 0 Å². The number of aryl methyl sites for hydroxylation is 3. The second-order valence-corrected chi connectivity index (χ2v) is 9.92. The van der Waals surface area contributed by atoms with Gasteiger partial charge in [0.15, 0.2) is 0 Å².